The molecule has 1 N–H and O–H groups in total. The van der Waals surface area contributed by atoms with E-state index in [9.17, 15) is 4.79 Å². The first-order valence-corrected chi connectivity index (χ1v) is 8.18. The van der Waals surface area contributed by atoms with Crippen LogP contribution in [0.4, 0.5) is 5.82 Å². The first kappa shape index (κ1) is 16.2. The number of anilines is 1. The van der Waals surface area contributed by atoms with Gasteiger partial charge in [0.25, 0.3) is 5.91 Å². The normalized spacial score (nSPS) is 19.1. The molecule has 2 rings (SSSR count). The number of aromatic nitrogens is 1. The number of pyridine rings is 1. The highest BCUT2D eigenvalue weighted by Crippen LogP contribution is 2.41. The molecule has 1 aliphatic heterocycles. The van der Waals surface area contributed by atoms with Crippen molar-refractivity contribution in [2.45, 2.75) is 44.9 Å². The van der Waals surface area contributed by atoms with Gasteiger partial charge < -0.3 is 10.2 Å². The molecule has 2 heterocycles. The van der Waals surface area contributed by atoms with Gasteiger partial charge in [-0.1, -0.05) is 11.8 Å². The lowest BCUT2D eigenvalue weighted by Crippen LogP contribution is -2.40. The fraction of sp³-hybridized carbons (Fsp3) is 0.467. The van der Waals surface area contributed by atoms with Gasteiger partial charge in [-0.3, -0.25) is 4.79 Å². The molecule has 0 saturated heterocycles. The summed E-state index contributed by atoms with van der Waals surface area (Å²) in [6.45, 7) is 10.00. The third-order valence-corrected chi connectivity index (χ3v) is 4.74. The van der Waals surface area contributed by atoms with Crippen LogP contribution in [0.3, 0.4) is 0 Å². The minimum absolute atomic E-state index is 0.0340. The maximum Gasteiger partial charge on any atom is 0.253 e. The van der Waals surface area contributed by atoms with E-state index in [1.54, 1.807) is 24.0 Å². The topological polar surface area (TPSA) is 45.2 Å². The molecule has 1 unspecified atom stereocenters. The zero-order valence-corrected chi connectivity index (χ0v) is 14.7. The van der Waals surface area contributed by atoms with E-state index in [2.05, 4.69) is 41.7 Å². The predicted octanol–water partition coefficient (Wildman–Crippen LogP) is 3.63. The number of carbonyl (C=O) groups is 1. The highest BCUT2D eigenvalue weighted by molar-refractivity contribution is 8.13. The van der Waals surface area contributed by atoms with E-state index in [4.69, 9.17) is 0 Å². The first-order chi connectivity index (χ1) is 9.69. The summed E-state index contributed by atoms with van der Waals surface area (Å²) in [6, 6.07) is 3.67. The summed E-state index contributed by atoms with van der Waals surface area (Å²) in [4.78, 5) is 19.8. The number of hydrogen-bond donors (Lipinski definition) is 2. The van der Waals surface area contributed by atoms with Crippen LogP contribution < -0.4 is 10.2 Å². The van der Waals surface area contributed by atoms with Gasteiger partial charge in [0.15, 0.2) is 0 Å². The monoisotopic (exact) mass is 323 g/mol. The first-order valence-electron chi connectivity index (χ1n) is 6.79. The number of thioether (sulfide) groups is 1. The molecule has 4 nitrogen and oxygen atoms in total. The van der Waals surface area contributed by atoms with Gasteiger partial charge in [0.1, 0.15) is 10.5 Å². The highest BCUT2D eigenvalue weighted by atomic mass is 32.2. The second-order valence-corrected chi connectivity index (χ2v) is 8.20. The average Bonchev–Trinajstić information content (AvgIpc) is 2.61. The van der Waals surface area contributed by atoms with Gasteiger partial charge in [0.2, 0.25) is 0 Å². The molecular formula is C15H21N3OS2. The van der Waals surface area contributed by atoms with Crippen LogP contribution in [-0.2, 0) is 0 Å². The number of rotatable bonds is 2. The van der Waals surface area contributed by atoms with Crippen molar-refractivity contribution >= 4 is 36.1 Å². The Kier molecular flexibility index (Phi) is 4.58. The van der Waals surface area contributed by atoms with Gasteiger partial charge in [-0.05, 0) is 46.8 Å². The van der Waals surface area contributed by atoms with Crippen LogP contribution in [-0.4, -0.2) is 21.1 Å². The van der Waals surface area contributed by atoms with Crippen molar-refractivity contribution in [3.05, 3.63) is 34.5 Å². The highest BCUT2D eigenvalue weighted by Gasteiger charge is 2.27. The van der Waals surface area contributed by atoms with Gasteiger partial charge in [-0.25, -0.2) is 4.98 Å². The molecule has 0 aliphatic carbocycles. The van der Waals surface area contributed by atoms with Gasteiger partial charge in [-0.2, -0.15) is 0 Å². The van der Waals surface area contributed by atoms with Crippen LogP contribution in [0.5, 0.6) is 0 Å². The Morgan fingerprint density at radius 3 is 2.48 bits per heavy atom. The molecule has 0 spiro atoms. The van der Waals surface area contributed by atoms with E-state index in [1.165, 1.54) is 4.91 Å². The van der Waals surface area contributed by atoms with Crippen molar-refractivity contribution in [1.29, 1.82) is 0 Å². The molecule has 0 fully saturated rings. The molecular weight excluding hydrogens is 302 g/mol. The van der Waals surface area contributed by atoms with E-state index >= 15 is 0 Å². The van der Waals surface area contributed by atoms with Crippen LogP contribution in [0.25, 0.3) is 0 Å². The van der Waals surface area contributed by atoms with E-state index in [-0.39, 0.29) is 16.2 Å². The smallest absolute Gasteiger partial charge is 0.253 e. The van der Waals surface area contributed by atoms with Gasteiger partial charge in [0.05, 0.1) is 5.56 Å². The lowest BCUT2D eigenvalue weighted by molar-refractivity contribution is 0.0919. The van der Waals surface area contributed by atoms with E-state index in [1.807, 2.05) is 26.8 Å². The van der Waals surface area contributed by atoms with E-state index in [0.717, 1.165) is 11.5 Å². The number of allylic oxidation sites excluding steroid dienone is 2. The number of amides is 1. The maximum atomic E-state index is 12.1. The predicted molar refractivity (Wildman–Crippen MR) is 92.7 cm³/mol. The Hall–Kier alpha value is -1.14. The Labute approximate surface area is 135 Å². The third-order valence-electron chi connectivity index (χ3n) is 3.12. The zero-order valence-electron chi connectivity index (χ0n) is 13.0. The number of carbonyl (C=O) groups excluding carboxylic acids is 1. The maximum absolute atomic E-state index is 12.1. The van der Waals surface area contributed by atoms with Crippen molar-refractivity contribution in [3.63, 3.8) is 0 Å². The summed E-state index contributed by atoms with van der Waals surface area (Å²) in [5, 5.41) is 2.93. The lowest BCUT2D eigenvalue weighted by atomic mass is 10.1. The van der Waals surface area contributed by atoms with Crippen LogP contribution in [0, 0.1) is 0 Å². The summed E-state index contributed by atoms with van der Waals surface area (Å²) in [5.74, 6) is 0.701. The Balaban J connectivity index is 2.18. The van der Waals surface area contributed by atoms with Crippen LogP contribution >= 0.6 is 24.4 Å². The van der Waals surface area contributed by atoms with Gasteiger partial charge >= 0.3 is 0 Å². The molecule has 0 saturated carbocycles. The van der Waals surface area contributed by atoms with Crippen molar-refractivity contribution in [2.24, 2.45) is 0 Å². The minimum Gasteiger partial charge on any atom is -0.347 e. The van der Waals surface area contributed by atoms with Crippen molar-refractivity contribution in [1.82, 2.24) is 10.3 Å². The molecule has 1 aromatic heterocycles. The number of nitrogens with one attached hydrogen (secondary N) is 1. The lowest BCUT2D eigenvalue weighted by Gasteiger charge is -2.23. The van der Waals surface area contributed by atoms with Crippen molar-refractivity contribution in [2.75, 3.05) is 4.90 Å². The quantitative estimate of drug-likeness (QED) is 0.816. The average molecular weight is 323 g/mol. The standard InChI is InChI=1S/C15H21N3OS2/c1-9-10(2)21-14(20)18(9)12-7-6-11(8-16-12)13(19)17-15(3,4)5/h6-8,14,20H,1-5H3,(H,17,19). The van der Waals surface area contributed by atoms with Crippen molar-refractivity contribution in [3.8, 4) is 0 Å². The van der Waals surface area contributed by atoms with Gasteiger partial charge in [-0.15, -0.1) is 12.6 Å². The molecule has 6 heteroatoms. The van der Waals surface area contributed by atoms with Crippen LogP contribution in [0.15, 0.2) is 28.9 Å². The van der Waals surface area contributed by atoms with Crippen LogP contribution in [0.2, 0.25) is 0 Å². The fourth-order valence-corrected chi connectivity index (χ4v) is 3.71. The molecule has 0 aromatic carbocycles. The van der Waals surface area contributed by atoms with Gasteiger partial charge in [0, 0.05) is 22.3 Å². The summed E-state index contributed by atoms with van der Waals surface area (Å²) < 4.78 is 0.0340. The molecule has 1 atom stereocenters. The molecule has 1 amide bonds. The van der Waals surface area contributed by atoms with E-state index in [0.29, 0.717) is 5.56 Å². The summed E-state index contributed by atoms with van der Waals surface area (Å²) in [5.41, 5.74) is 1.46. The van der Waals surface area contributed by atoms with E-state index < -0.39 is 0 Å². The minimum atomic E-state index is -0.256. The largest absolute Gasteiger partial charge is 0.347 e. The second-order valence-electron chi connectivity index (χ2n) is 6.06. The van der Waals surface area contributed by atoms with Crippen molar-refractivity contribution < 1.29 is 4.79 Å². The number of nitrogens with zero attached hydrogens (tertiary/aromatic N) is 2. The summed E-state index contributed by atoms with van der Waals surface area (Å²) >= 11 is 6.27. The molecule has 114 valence electrons. The molecule has 0 bridgehead atoms. The van der Waals surface area contributed by atoms with Crippen LogP contribution in [0.1, 0.15) is 45.0 Å². The molecule has 1 aliphatic rings. The molecule has 0 radical (unpaired) electrons. The SMILES string of the molecule is CC1=C(C)N(c2ccc(C(=O)NC(C)(C)C)cn2)C(S)S1. The Morgan fingerprint density at radius 2 is 2.05 bits per heavy atom. The Morgan fingerprint density at radius 1 is 1.38 bits per heavy atom. The second kappa shape index (κ2) is 5.93. The molecule has 21 heavy (non-hydrogen) atoms. The number of hydrogen-bond acceptors (Lipinski definition) is 5. The number of thiol groups is 1. The zero-order chi connectivity index (χ0) is 15.8. The molecule has 1 aromatic rings. The fourth-order valence-electron chi connectivity index (χ4n) is 1.99. The summed E-state index contributed by atoms with van der Waals surface area (Å²) in [7, 11) is 0. The third kappa shape index (κ3) is 3.74. The Bertz CT molecular complexity index is 576. The summed E-state index contributed by atoms with van der Waals surface area (Å²) in [6.07, 6.45) is 1.61.